The first-order chi connectivity index (χ1) is 11.3. The highest BCUT2D eigenvalue weighted by molar-refractivity contribution is 6.02. The van der Waals surface area contributed by atoms with Crippen molar-refractivity contribution in [3.8, 4) is 17.2 Å². The van der Waals surface area contributed by atoms with Crippen molar-refractivity contribution in [2.24, 2.45) is 0 Å². The lowest BCUT2D eigenvalue weighted by Crippen LogP contribution is -2.09. The topological polar surface area (TPSA) is 56.8 Å². The van der Waals surface area contributed by atoms with Crippen LogP contribution in [0.5, 0.6) is 17.2 Å². The van der Waals surface area contributed by atoms with Crippen LogP contribution in [0, 0.1) is 0 Å². The molecule has 0 radical (unpaired) electrons. The molecule has 0 aromatic heterocycles. The van der Waals surface area contributed by atoms with Crippen molar-refractivity contribution in [2.75, 3.05) is 18.7 Å². The summed E-state index contributed by atoms with van der Waals surface area (Å²) in [5, 5.41) is 2.81. The average molecular weight is 311 g/mol. The molecule has 23 heavy (non-hydrogen) atoms. The highest BCUT2D eigenvalue weighted by Gasteiger charge is 2.12. The van der Waals surface area contributed by atoms with Gasteiger partial charge in [0.25, 0.3) is 0 Å². The van der Waals surface area contributed by atoms with Crippen molar-refractivity contribution in [3.05, 3.63) is 54.1 Å². The van der Waals surface area contributed by atoms with E-state index in [0.29, 0.717) is 23.8 Å². The molecule has 0 fully saturated rings. The number of hydrogen-bond acceptors (Lipinski definition) is 4. The van der Waals surface area contributed by atoms with E-state index in [2.05, 4.69) is 5.32 Å². The van der Waals surface area contributed by atoms with Crippen LogP contribution in [0.15, 0.2) is 48.5 Å². The molecule has 2 aromatic carbocycles. The van der Waals surface area contributed by atoms with Gasteiger partial charge in [-0.1, -0.05) is 18.2 Å². The Morgan fingerprint density at radius 3 is 2.91 bits per heavy atom. The number of hydrogen-bond donors (Lipinski definition) is 1. The van der Waals surface area contributed by atoms with Crippen molar-refractivity contribution in [1.82, 2.24) is 0 Å². The standard InChI is InChI=1S/C18H17NO4/c1-2-21-15-6-4-3-5-14(15)19-18(20)10-8-13-7-9-16-17(11-13)23-12-22-16/h3-11H,2,12H2,1H3,(H,19,20)/b10-8+. The number of fused-ring (bicyclic) bond motifs is 1. The molecule has 0 unspecified atom stereocenters. The van der Waals surface area contributed by atoms with Gasteiger partial charge in [-0.2, -0.15) is 0 Å². The quantitative estimate of drug-likeness (QED) is 0.859. The summed E-state index contributed by atoms with van der Waals surface area (Å²) in [5.41, 5.74) is 1.51. The Hall–Kier alpha value is -2.95. The molecular weight excluding hydrogens is 294 g/mol. The van der Waals surface area contributed by atoms with Crippen molar-refractivity contribution in [3.63, 3.8) is 0 Å². The third-order valence-electron chi connectivity index (χ3n) is 3.27. The van der Waals surface area contributed by atoms with Gasteiger partial charge in [-0.3, -0.25) is 4.79 Å². The molecule has 1 N–H and O–H groups in total. The second kappa shape index (κ2) is 6.87. The van der Waals surface area contributed by atoms with Crippen molar-refractivity contribution in [2.45, 2.75) is 6.92 Å². The lowest BCUT2D eigenvalue weighted by atomic mass is 10.2. The van der Waals surface area contributed by atoms with E-state index >= 15 is 0 Å². The Bertz CT molecular complexity index is 740. The van der Waals surface area contributed by atoms with Gasteiger partial charge in [0.2, 0.25) is 12.7 Å². The van der Waals surface area contributed by atoms with Crippen LogP contribution in [0.4, 0.5) is 5.69 Å². The van der Waals surface area contributed by atoms with E-state index in [1.165, 1.54) is 6.08 Å². The molecule has 1 aliphatic rings. The zero-order valence-electron chi connectivity index (χ0n) is 12.7. The van der Waals surface area contributed by atoms with Crippen molar-refractivity contribution >= 4 is 17.7 Å². The van der Waals surface area contributed by atoms with E-state index < -0.39 is 0 Å². The second-order valence-electron chi connectivity index (χ2n) is 4.86. The van der Waals surface area contributed by atoms with Gasteiger partial charge in [-0.15, -0.1) is 0 Å². The lowest BCUT2D eigenvalue weighted by Gasteiger charge is -2.09. The van der Waals surface area contributed by atoms with Crippen LogP contribution < -0.4 is 19.5 Å². The first-order valence-electron chi connectivity index (χ1n) is 7.37. The molecule has 1 amide bonds. The van der Waals surface area contributed by atoms with E-state index in [1.54, 1.807) is 12.1 Å². The fourth-order valence-electron chi connectivity index (χ4n) is 2.21. The fraction of sp³-hybridized carbons (Fsp3) is 0.167. The fourth-order valence-corrected chi connectivity index (χ4v) is 2.21. The normalized spacial score (nSPS) is 12.4. The molecule has 2 aromatic rings. The zero-order chi connectivity index (χ0) is 16.1. The van der Waals surface area contributed by atoms with Crippen LogP contribution in [-0.4, -0.2) is 19.3 Å². The summed E-state index contributed by atoms with van der Waals surface area (Å²) in [5.74, 6) is 1.83. The number of anilines is 1. The highest BCUT2D eigenvalue weighted by atomic mass is 16.7. The summed E-state index contributed by atoms with van der Waals surface area (Å²) >= 11 is 0. The molecule has 0 atom stereocenters. The molecule has 0 saturated heterocycles. The van der Waals surface area contributed by atoms with Crippen molar-refractivity contribution < 1.29 is 19.0 Å². The highest BCUT2D eigenvalue weighted by Crippen LogP contribution is 2.32. The third kappa shape index (κ3) is 3.63. The number of benzene rings is 2. The predicted octanol–water partition coefficient (Wildman–Crippen LogP) is 3.47. The second-order valence-corrected chi connectivity index (χ2v) is 4.86. The molecule has 118 valence electrons. The zero-order valence-corrected chi connectivity index (χ0v) is 12.7. The van der Waals surface area contributed by atoms with E-state index in [-0.39, 0.29) is 12.7 Å². The maximum Gasteiger partial charge on any atom is 0.248 e. The molecule has 5 heteroatoms. The Morgan fingerprint density at radius 1 is 1.22 bits per heavy atom. The summed E-state index contributed by atoms with van der Waals surface area (Å²) in [6.45, 7) is 2.68. The Morgan fingerprint density at radius 2 is 2.04 bits per heavy atom. The molecule has 1 aliphatic heterocycles. The number of amides is 1. The van der Waals surface area contributed by atoms with Gasteiger partial charge < -0.3 is 19.5 Å². The minimum Gasteiger partial charge on any atom is -0.492 e. The summed E-state index contributed by atoms with van der Waals surface area (Å²) in [7, 11) is 0. The monoisotopic (exact) mass is 311 g/mol. The number of carbonyl (C=O) groups excluding carboxylic acids is 1. The smallest absolute Gasteiger partial charge is 0.248 e. The first kappa shape index (κ1) is 15.0. The van der Waals surface area contributed by atoms with Gasteiger partial charge in [-0.05, 0) is 42.8 Å². The van der Waals surface area contributed by atoms with E-state index in [0.717, 1.165) is 11.3 Å². The largest absolute Gasteiger partial charge is 0.492 e. The van der Waals surface area contributed by atoms with E-state index in [9.17, 15) is 4.79 Å². The molecule has 3 rings (SSSR count). The van der Waals surface area contributed by atoms with Crippen LogP contribution in [0.2, 0.25) is 0 Å². The van der Waals surface area contributed by atoms with Crippen molar-refractivity contribution in [1.29, 1.82) is 0 Å². The number of nitrogens with one attached hydrogen (secondary N) is 1. The molecule has 1 heterocycles. The van der Waals surface area contributed by atoms with Crippen LogP contribution in [0.1, 0.15) is 12.5 Å². The Labute approximate surface area is 134 Å². The molecule has 0 spiro atoms. The van der Waals surface area contributed by atoms with Gasteiger partial charge in [0.05, 0.1) is 12.3 Å². The van der Waals surface area contributed by atoms with Gasteiger partial charge in [0, 0.05) is 6.08 Å². The SMILES string of the molecule is CCOc1ccccc1NC(=O)/C=C/c1ccc2c(c1)OCO2. The number of carbonyl (C=O) groups is 1. The van der Waals surface area contributed by atoms with E-state index in [4.69, 9.17) is 14.2 Å². The summed E-state index contributed by atoms with van der Waals surface area (Å²) in [4.78, 5) is 12.1. The first-order valence-corrected chi connectivity index (χ1v) is 7.37. The molecule has 0 aliphatic carbocycles. The molecule has 0 bridgehead atoms. The van der Waals surface area contributed by atoms with Crippen LogP contribution >= 0.6 is 0 Å². The maximum absolute atomic E-state index is 12.1. The summed E-state index contributed by atoms with van der Waals surface area (Å²) in [6, 6.07) is 12.9. The van der Waals surface area contributed by atoms with Gasteiger partial charge in [-0.25, -0.2) is 0 Å². The summed E-state index contributed by atoms with van der Waals surface area (Å²) < 4.78 is 16.0. The number of para-hydroxylation sites is 2. The van der Waals surface area contributed by atoms with Gasteiger partial charge >= 0.3 is 0 Å². The Kier molecular flexibility index (Phi) is 4.47. The van der Waals surface area contributed by atoms with Gasteiger partial charge in [0.1, 0.15) is 5.75 Å². The molecule has 0 saturated carbocycles. The minimum absolute atomic E-state index is 0.227. The average Bonchev–Trinajstić information content (AvgIpc) is 3.03. The molecule has 5 nitrogen and oxygen atoms in total. The lowest BCUT2D eigenvalue weighted by molar-refractivity contribution is -0.111. The minimum atomic E-state index is -0.227. The molecular formula is C18H17NO4. The number of ether oxygens (including phenoxy) is 3. The number of rotatable bonds is 5. The van der Waals surface area contributed by atoms with Crippen LogP contribution in [0.25, 0.3) is 6.08 Å². The van der Waals surface area contributed by atoms with E-state index in [1.807, 2.05) is 43.3 Å². The Balaban J connectivity index is 1.67. The van der Waals surface area contributed by atoms with Crippen LogP contribution in [0.3, 0.4) is 0 Å². The van der Waals surface area contributed by atoms with Gasteiger partial charge in [0.15, 0.2) is 11.5 Å². The third-order valence-corrected chi connectivity index (χ3v) is 3.27. The predicted molar refractivity (Wildman–Crippen MR) is 87.8 cm³/mol. The van der Waals surface area contributed by atoms with Crippen LogP contribution in [-0.2, 0) is 4.79 Å². The maximum atomic E-state index is 12.1. The summed E-state index contributed by atoms with van der Waals surface area (Å²) in [6.07, 6.45) is 3.20.